The number of nitrogens with one attached hydrogen (secondary N) is 2. The summed E-state index contributed by atoms with van der Waals surface area (Å²) in [6.07, 6.45) is 3.05. The lowest BCUT2D eigenvalue weighted by Gasteiger charge is -2.04. The highest BCUT2D eigenvalue weighted by Crippen LogP contribution is 2.10. The van der Waals surface area contributed by atoms with Crippen molar-refractivity contribution in [2.75, 3.05) is 5.32 Å². The second-order valence-electron chi connectivity index (χ2n) is 3.25. The molecule has 0 saturated carbocycles. The summed E-state index contributed by atoms with van der Waals surface area (Å²) >= 11 is 3.37. The molecule has 0 fully saturated rings. The van der Waals surface area contributed by atoms with E-state index < -0.39 is 0 Å². The molecule has 0 aliphatic rings. The van der Waals surface area contributed by atoms with Crippen LogP contribution in [-0.4, -0.2) is 9.97 Å². The van der Waals surface area contributed by atoms with Crippen LogP contribution in [0, 0.1) is 0 Å². The largest absolute Gasteiger partial charge is 0.361 e. The van der Waals surface area contributed by atoms with Gasteiger partial charge in [-0.15, -0.1) is 0 Å². The summed E-state index contributed by atoms with van der Waals surface area (Å²) in [6.45, 7) is 0.577. The van der Waals surface area contributed by atoms with Crippen molar-refractivity contribution in [1.29, 1.82) is 0 Å². The Morgan fingerprint density at radius 1 is 1.31 bits per heavy atom. The lowest BCUT2D eigenvalue weighted by atomic mass is 10.2. The fourth-order valence-corrected chi connectivity index (χ4v) is 1.53. The number of aromatic nitrogens is 2. The molecule has 1 heterocycles. The average Bonchev–Trinajstić information content (AvgIpc) is 2.30. The molecule has 0 radical (unpaired) electrons. The van der Waals surface area contributed by atoms with E-state index in [2.05, 4.69) is 31.2 Å². The Morgan fingerprint density at radius 2 is 2.06 bits per heavy atom. The Labute approximate surface area is 101 Å². The number of halogens is 1. The molecule has 1 aromatic carbocycles. The van der Waals surface area contributed by atoms with Gasteiger partial charge in [0.2, 0.25) is 0 Å². The third-order valence-corrected chi connectivity index (χ3v) is 2.61. The van der Waals surface area contributed by atoms with E-state index in [1.807, 2.05) is 24.3 Å². The average molecular weight is 280 g/mol. The maximum atomic E-state index is 11.3. The summed E-state index contributed by atoms with van der Waals surface area (Å²) in [5.74, 6) is 0.338. The van der Waals surface area contributed by atoms with E-state index in [-0.39, 0.29) is 5.56 Å². The number of aromatic amines is 1. The number of benzene rings is 1. The smallest absolute Gasteiger partial charge is 0.290 e. The number of rotatable bonds is 3. The molecule has 82 valence electrons. The summed E-state index contributed by atoms with van der Waals surface area (Å²) in [4.78, 5) is 17.8. The molecule has 16 heavy (non-hydrogen) atoms. The van der Waals surface area contributed by atoms with Gasteiger partial charge >= 0.3 is 0 Å². The Bertz CT molecular complexity index is 521. The van der Waals surface area contributed by atoms with Gasteiger partial charge in [0.05, 0.1) is 0 Å². The lowest BCUT2D eigenvalue weighted by molar-refractivity contribution is 1.06. The van der Waals surface area contributed by atoms with Crippen molar-refractivity contribution in [3.05, 3.63) is 57.0 Å². The first-order chi connectivity index (χ1) is 7.75. The van der Waals surface area contributed by atoms with Crippen molar-refractivity contribution < 1.29 is 0 Å². The molecule has 0 aliphatic carbocycles. The molecule has 0 atom stereocenters. The standard InChI is InChI=1S/C11H10BrN3O/c12-9-3-1-8(2-4-9)7-15-10-11(16)14-6-5-13-10/h1-6H,7H2,(H,13,15)(H,14,16). The van der Waals surface area contributed by atoms with Crippen LogP contribution < -0.4 is 10.9 Å². The van der Waals surface area contributed by atoms with E-state index in [1.54, 1.807) is 6.20 Å². The van der Waals surface area contributed by atoms with E-state index in [0.717, 1.165) is 10.0 Å². The number of anilines is 1. The Balaban J connectivity index is 2.05. The second-order valence-corrected chi connectivity index (χ2v) is 4.16. The van der Waals surface area contributed by atoms with Crippen LogP contribution in [0.5, 0.6) is 0 Å². The van der Waals surface area contributed by atoms with Crippen LogP contribution in [0.2, 0.25) is 0 Å². The molecule has 0 saturated heterocycles. The highest BCUT2D eigenvalue weighted by molar-refractivity contribution is 9.10. The highest BCUT2D eigenvalue weighted by atomic mass is 79.9. The first kappa shape index (κ1) is 10.9. The molecular formula is C11H10BrN3O. The Morgan fingerprint density at radius 3 is 2.75 bits per heavy atom. The van der Waals surface area contributed by atoms with Crippen LogP contribution in [0.25, 0.3) is 0 Å². The van der Waals surface area contributed by atoms with Crippen LogP contribution in [0.15, 0.2) is 45.9 Å². The van der Waals surface area contributed by atoms with Crippen LogP contribution in [-0.2, 0) is 6.54 Å². The van der Waals surface area contributed by atoms with Gasteiger partial charge in [-0.2, -0.15) is 0 Å². The van der Waals surface area contributed by atoms with Crippen LogP contribution in [0.4, 0.5) is 5.82 Å². The van der Waals surface area contributed by atoms with Gasteiger partial charge in [0.15, 0.2) is 5.82 Å². The van der Waals surface area contributed by atoms with Gasteiger partial charge in [0.25, 0.3) is 5.56 Å². The zero-order chi connectivity index (χ0) is 11.4. The molecule has 2 aromatic rings. The molecule has 4 nitrogen and oxygen atoms in total. The topological polar surface area (TPSA) is 57.8 Å². The fourth-order valence-electron chi connectivity index (χ4n) is 1.27. The minimum Gasteiger partial charge on any atom is -0.361 e. The first-order valence-corrected chi connectivity index (χ1v) is 5.57. The summed E-state index contributed by atoms with van der Waals surface area (Å²) in [5, 5.41) is 2.98. The monoisotopic (exact) mass is 279 g/mol. The van der Waals surface area contributed by atoms with E-state index in [1.165, 1.54) is 6.20 Å². The van der Waals surface area contributed by atoms with Gasteiger partial charge in [-0.25, -0.2) is 4.98 Å². The quantitative estimate of drug-likeness (QED) is 0.905. The van der Waals surface area contributed by atoms with Gasteiger partial charge in [0, 0.05) is 23.4 Å². The zero-order valence-corrected chi connectivity index (χ0v) is 9.99. The summed E-state index contributed by atoms with van der Waals surface area (Å²) in [6, 6.07) is 7.88. The molecular weight excluding hydrogens is 270 g/mol. The Hall–Kier alpha value is -1.62. The summed E-state index contributed by atoms with van der Waals surface area (Å²) in [7, 11) is 0. The van der Waals surface area contributed by atoms with E-state index in [9.17, 15) is 4.79 Å². The summed E-state index contributed by atoms with van der Waals surface area (Å²) in [5.41, 5.74) is 0.882. The van der Waals surface area contributed by atoms with E-state index in [4.69, 9.17) is 0 Å². The van der Waals surface area contributed by atoms with Crippen molar-refractivity contribution >= 4 is 21.7 Å². The van der Waals surface area contributed by atoms with Gasteiger partial charge in [-0.1, -0.05) is 28.1 Å². The van der Waals surface area contributed by atoms with E-state index in [0.29, 0.717) is 12.4 Å². The van der Waals surface area contributed by atoms with Crippen LogP contribution >= 0.6 is 15.9 Å². The van der Waals surface area contributed by atoms with Gasteiger partial charge in [-0.05, 0) is 17.7 Å². The van der Waals surface area contributed by atoms with Crippen molar-refractivity contribution in [3.8, 4) is 0 Å². The van der Waals surface area contributed by atoms with Gasteiger partial charge in [0.1, 0.15) is 0 Å². The van der Waals surface area contributed by atoms with Crippen molar-refractivity contribution in [3.63, 3.8) is 0 Å². The second kappa shape index (κ2) is 4.94. The zero-order valence-electron chi connectivity index (χ0n) is 8.40. The van der Waals surface area contributed by atoms with Crippen molar-refractivity contribution in [2.24, 2.45) is 0 Å². The highest BCUT2D eigenvalue weighted by Gasteiger charge is 1.98. The maximum Gasteiger partial charge on any atom is 0.290 e. The molecule has 0 unspecified atom stereocenters. The predicted octanol–water partition coefficient (Wildman–Crippen LogP) is 2.14. The van der Waals surface area contributed by atoms with Crippen molar-refractivity contribution in [1.82, 2.24) is 9.97 Å². The predicted molar refractivity (Wildman–Crippen MR) is 66.3 cm³/mol. The molecule has 2 rings (SSSR count). The normalized spacial score (nSPS) is 10.1. The third kappa shape index (κ3) is 2.70. The fraction of sp³-hybridized carbons (Fsp3) is 0.0909. The van der Waals surface area contributed by atoms with Crippen LogP contribution in [0.3, 0.4) is 0 Å². The minimum absolute atomic E-state index is 0.209. The minimum atomic E-state index is -0.209. The molecule has 1 aromatic heterocycles. The molecule has 0 amide bonds. The molecule has 0 bridgehead atoms. The van der Waals surface area contributed by atoms with E-state index >= 15 is 0 Å². The Kier molecular flexibility index (Phi) is 3.36. The van der Waals surface area contributed by atoms with Gasteiger partial charge in [-0.3, -0.25) is 4.79 Å². The maximum absolute atomic E-state index is 11.3. The number of H-pyrrole nitrogens is 1. The van der Waals surface area contributed by atoms with Gasteiger partial charge < -0.3 is 10.3 Å². The lowest BCUT2D eigenvalue weighted by Crippen LogP contribution is -2.14. The van der Waals surface area contributed by atoms with Crippen molar-refractivity contribution in [2.45, 2.75) is 6.54 Å². The van der Waals surface area contributed by atoms with Crippen LogP contribution in [0.1, 0.15) is 5.56 Å². The molecule has 5 heteroatoms. The summed E-state index contributed by atoms with van der Waals surface area (Å²) < 4.78 is 1.03. The molecule has 0 aliphatic heterocycles. The number of hydrogen-bond acceptors (Lipinski definition) is 3. The third-order valence-electron chi connectivity index (χ3n) is 2.08. The molecule has 0 spiro atoms. The number of hydrogen-bond donors (Lipinski definition) is 2. The number of nitrogens with zero attached hydrogens (tertiary/aromatic N) is 1. The first-order valence-electron chi connectivity index (χ1n) is 4.78. The SMILES string of the molecule is O=c1[nH]ccnc1NCc1ccc(Br)cc1. The molecule has 2 N–H and O–H groups in total.